The van der Waals surface area contributed by atoms with Crippen molar-refractivity contribution in [2.24, 2.45) is 5.92 Å². The molecule has 0 aliphatic carbocycles. The van der Waals surface area contributed by atoms with Crippen LogP contribution in [-0.4, -0.2) is 36.3 Å². The third-order valence-corrected chi connectivity index (χ3v) is 6.37. The molecule has 2 aromatic carbocycles. The summed E-state index contributed by atoms with van der Waals surface area (Å²) in [4.78, 5) is 29.5. The number of benzene rings is 2. The van der Waals surface area contributed by atoms with Crippen LogP contribution in [0.1, 0.15) is 47.2 Å². The molecule has 2 amide bonds. The summed E-state index contributed by atoms with van der Waals surface area (Å²) >= 11 is 6.15. The van der Waals surface area contributed by atoms with Crippen LogP contribution in [0.2, 0.25) is 5.02 Å². The average Bonchev–Trinajstić information content (AvgIpc) is 3.00. The number of aryl methyl sites for hydroxylation is 1. The summed E-state index contributed by atoms with van der Waals surface area (Å²) in [5.74, 6) is -1.18. The predicted molar refractivity (Wildman–Crippen MR) is 116 cm³/mol. The summed E-state index contributed by atoms with van der Waals surface area (Å²) < 4.78 is 14.2. The van der Waals surface area contributed by atoms with E-state index in [0.29, 0.717) is 37.5 Å². The van der Waals surface area contributed by atoms with E-state index in [1.165, 1.54) is 12.1 Å². The third kappa shape index (κ3) is 4.42. The second-order valence-corrected chi connectivity index (χ2v) is 8.53. The van der Waals surface area contributed by atoms with Crippen LogP contribution in [0.3, 0.4) is 0 Å². The molecule has 1 fully saturated rings. The Morgan fingerprint density at radius 2 is 1.84 bits per heavy atom. The quantitative estimate of drug-likeness (QED) is 0.688. The molecule has 160 valence electrons. The number of amides is 2. The van der Waals surface area contributed by atoms with Gasteiger partial charge in [-0.15, -0.1) is 0 Å². The first kappa shape index (κ1) is 21.3. The van der Waals surface area contributed by atoms with Gasteiger partial charge >= 0.3 is 0 Å². The first-order chi connectivity index (χ1) is 15.0. The maximum absolute atomic E-state index is 14.2. The Bertz CT molecular complexity index is 1060. The number of nitriles is 1. The van der Waals surface area contributed by atoms with Gasteiger partial charge < -0.3 is 9.80 Å². The summed E-state index contributed by atoms with van der Waals surface area (Å²) in [5.41, 5.74) is 2.17. The first-order valence-corrected chi connectivity index (χ1v) is 10.9. The molecule has 0 saturated carbocycles. The molecule has 0 unspecified atom stereocenters. The molecular weight excluding hydrogens is 417 g/mol. The minimum absolute atomic E-state index is 0.0397. The van der Waals surface area contributed by atoms with Gasteiger partial charge in [-0.05, 0) is 74.1 Å². The normalized spacial score (nSPS) is 16.9. The molecule has 0 bridgehead atoms. The maximum Gasteiger partial charge on any atom is 0.256 e. The minimum atomic E-state index is -0.693. The van der Waals surface area contributed by atoms with Crippen LogP contribution in [0.5, 0.6) is 0 Å². The number of rotatable bonds is 2. The summed E-state index contributed by atoms with van der Waals surface area (Å²) in [5, 5.41) is 9.54. The molecule has 0 spiro atoms. The van der Waals surface area contributed by atoms with Crippen LogP contribution in [0, 0.1) is 23.1 Å². The lowest BCUT2D eigenvalue weighted by atomic mass is 9.94. The number of nitrogens with zero attached hydrogens (tertiary/aromatic N) is 3. The molecule has 0 atom stereocenters. The van der Waals surface area contributed by atoms with E-state index in [9.17, 15) is 14.0 Å². The molecule has 5 nitrogen and oxygen atoms in total. The summed E-state index contributed by atoms with van der Waals surface area (Å²) in [6, 6.07) is 11.4. The fourth-order valence-electron chi connectivity index (χ4n) is 4.43. The fraction of sp³-hybridized carbons (Fsp3) is 0.375. The Hall–Kier alpha value is -2.91. The Balaban J connectivity index is 1.44. The molecule has 7 heteroatoms. The zero-order valence-electron chi connectivity index (χ0n) is 17.1. The van der Waals surface area contributed by atoms with Gasteiger partial charge in [-0.2, -0.15) is 5.26 Å². The van der Waals surface area contributed by atoms with Crippen molar-refractivity contribution in [1.29, 1.82) is 5.26 Å². The number of hydrogen-bond acceptors (Lipinski definition) is 3. The molecular formula is C24H23ClFN3O2. The predicted octanol–water partition coefficient (Wildman–Crippen LogP) is 4.57. The lowest BCUT2D eigenvalue weighted by Gasteiger charge is -2.34. The zero-order chi connectivity index (χ0) is 22.0. The Morgan fingerprint density at radius 3 is 2.55 bits per heavy atom. The molecule has 2 aliphatic heterocycles. The van der Waals surface area contributed by atoms with E-state index in [1.54, 1.807) is 4.90 Å². The van der Waals surface area contributed by atoms with E-state index in [1.807, 2.05) is 29.2 Å². The van der Waals surface area contributed by atoms with Crippen molar-refractivity contribution in [3.63, 3.8) is 0 Å². The monoisotopic (exact) mass is 439 g/mol. The summed E-state index contributed by atoms with van der Waals surface area (Å²) in [7, 11) is 0. The maximum atomic E-state index is 14.2. The first-order valence-electron chi connectivity index (χ1n) is 10.6. The van der Waals surface area contributed by atoms with E-state index < -0.39 is 11.7 Å². The Labute approximate surface area is 186 Å². The van der Waals surface area contributed by atoms with Crippen molar-refractivity contribution in [2.45, 2.75) is 32.1 Å². The van der Waals surface area contributed by atoms with Gasteiger partial charge in [0.05, 0.1) is 17.2 Å². The van der Waals surface area contributed by atoms with Crippen LogP contribution in [0.4, 0.5) is 10.1 Å². The van der Waals surface area contributed by atoms with Gasteiger partial charge in [0.1, 0.15) is 5.82 Å². The highest BCUT2D eigenvalue weighted by atomic mass is 35.5. The van der Waals surface area contributed by atoms with E-state index in [-0.39, 0.29) is 23.0 Å². The number of piperidine rings is 1. The van der Waals surface area contributed by atoms with Gasteiger partial charge in [0, 0.05) is 36.3 Å². The van der Waals surface area contributed by atoms with Gasteiger partial charge in [-0.3, -0.25) is 9.59 Å². The highest BCUT2D eigenvalue weighted by Gasteiger charge is 2.33. The molecule has 2 aliphatic rings. The molecule has 4 rings (SSSR count). The van der Waals surface area contributed by atoms with Gasteiger partial charge in [0.25, 0.3) is 5.91 Å². The zero-order valence-corrected chi connectivity index (χ0v) is 17.9. The fourth-order valence-corrected chi connectivity index (χ4v) is 4.63. The van der Waals surface area contributed by atoms with Crippen LogP contribution >= 0.6 is 11.6 Å². The number of anilines is 1. The standard InChI is InChI=1S/C24H23ClFN3O2/c25-19-5-7-22-18(14-19)3-1-2-10-29(22)23(30)17-8-11-28(12-9-17)24(31)20-6-4-16(15-27)13-21(20)26/h4-7,13-14,17H,1-3,8-12H2. The second-order valence-electron chi connectivity index (χ2n) is 8.09. The molecule has 0 aromatic heterocycles. The number of carbonyl (C=O) groups is 2. The van der Waals surface area contributed by atoms with Crippen molar-refractivity contribution in [3.05, 3.63) is 63.9 Å². The topological polar surface area (TPSA) is 64.4 Å². The van der Waals surface area contributed by atoms with E-state index in [0.717, 1.165) is 36.6 Å². The number of fused-ring (bicyclic) bond motifs is 1. The second kappa shape index (κ2) is 9.07. The van der Waals surface area contributed by atoms with Crippen molar-refractivity contribution in [1.82, 2.24) is 4.90 Å². The van der Waals surface area contributed by atoms with E-state index in [2.05, 4.69) is 0 Å². The molecule has 31 heavy (non-hydrogen) atoms. The van der Waals surface area contributed by atoms with Gasteiger partial charge in [0.2, 0.25) is 5.91 Å². The van der Waals surface area contributed by atoms with Crippen molar-refractivity contribution in [3.8, 4) is 6.07 Å². The molecule has 1 saturated heterocycles. The number of likely N-dealkylation sites (tertiary alicyclic amines) is 1. The molecule has 0 radical (unpaired) electrons. The highest BCUT2D eigenvalue weighted by Crippen LogP contribution is 2.32. The van der Waals surface area contributed by atoms with Gasteiger partial charge in [-0.25, -0.2) is 4.39 Å². The third-order valence-electron chi connectivity index (χ3n) is 6.14. The van der Waals surface area contributed by atoms with Crippen molar-refractivity contribution < 1.29 is 14.0 Å². The number of carbonyl (C=O) groups excluding carboxylic acids is 2. The van der Waals surface area contributed by atoms with Gasteiger partial charge in [-0.1, -0.05) is 11.6 Å². The van der Waals surface area contributed by atoms with Crippen LogP contribution in [0.25, 0.3) is 0 Å². The lowest BCUT2D eigenvalue weighted by Crippen LogP contribution is -2.45. The molecule has 2 heterocycles. The molecule has 0 N–H and O–H groups in total. The lowest BCUT2D eigenvalue weighted by molar-refractivity contribution is -0.123. The van der Waals surface area contributed by atoms with Crippen molar-refractivity contribution >= 4 is 29.1 Å². The Kier molecular flexibility index (Phi) is 6.24. The van der Waals surface area contributed by atoms with Crippen LogP contribution < -0.4 is 4.90 Å². The molecule has 2 aromatic rings. The summed E-state index contributed by atoms with van der Waals surface area (Å²) in [6.07, 6.45) is 3.94. The number of halogens is 2. The smallest absolute Gasteiger partial charge is 0.256 e. The largest absolute Gasteiger partial charge is 0.339 e. The number of hydrogen-bond donors (Lipinski definition) is 0. The van der Waals surface area contributed by atoms with Gasteiger partial charge in [0.15, 0.2) is 0 Å². The van der Waals surface area contributed by atoms with Crippen LogP contribution in [-0.2, 0) is 11.2 Å². The van der Waals surface area contributed by atoms with E-state index >= 15 is 0 Å². The van der Waals surface area contributed by atoms with Crippen molar-refractivity contribution in [2.75, 3.05) is 24.5 Å². The van der Waals surface area contributed by atoms with E-state index in [4.69, 9.17) is 16.9 Å². The SMILES string of the molecule is N#Cc1ccc(C(=O)N2CCC(C(=O)N3CCCCc4cc(Cl)ccc43)CC2)c(F)c1. The summed E-state index contributed by atoms with van der Waals surface area (Å²) in [6.45, 7) is 1.48. The average molecular weight is 440 g/mol. The minimum Gasteiger partial charge on any atom is -0.339 e. The van der Waals surface area contributed by atoms with Crippen LogP contribution in [0.15, 0.2) is 36.4 Å². The Morgan fingerprint density at radius 1 is 1.06 bits per heavy atom. The highest BCUT2D eigenvalue weighted by molar-refractivity contribution is 6.30.